The summed E-state index contributed by atoms with van der Waals surface area (Å²) in [5, 5.41) is 17.0. The number of hydrogen-bond donors (Lipinski definition) is 6. The van der Waals surface area contributed by atoms with Crippen LogP contribution in [0.4, 0.5) is 91.2 Å². The van der Waals surface area contributed by atoms with Gasteiger partial charge in [-0.15, -0.1) is 0 Å². The topological polar surface area (TPSA) is 230 Å². The number of carbonyl (C=O) groups is 6. The van der Waals surface area contributed by atoms with E-state index >= 15 is 0 Å². The van der Waals surface area contributed by atoms with E-state index in [0.717, 1.165) is 97.1 Å². The lowest BCUT2D eigenvalue weighted by molar-refractivity contribution is -0.116. The number of benzene rings is 12. The molecule has 0 saturated heterocycles. The number of alkyl halides is 12. The number of halogens is 16. The zero-order valence-corrected chi connectivity index (χ0v) is 90.8. The zero-order valence-electron chi connectivity index (χ0n) is 86.3. The predicted molar refractivity (Wildman–Crippen MR) is 574 cm³/mol. The van der Waals surface area contributed by atoms with Gasteiger partial charge in [0.2, 0.25) is 35.4 Å². The van der Waals surface area contributed by atoms with Crippen LogP contribution in [0.1, 0.15) is 258 Å². The number of aryl methyl sites for hydroxylation is 13. The summed E-state index contributed by atoms with van der Waals surface area (Å²) >= 11 is 11.8. The minimum Gasteiger partial charge on any atom is -0.488 e. The third-order valence-corrected chi connectivity index (χ3v) is 26.0. The van der Waals surface area contributed by atoms with Crippen molar-refractivity contribution in [2.75, 3.05) is 31.9 Å². The van der Waals surface area contributed by atoms with E-state index in [-0.39, 0.29) is 161 Å². The van der Waals surface area contributed by atoms with Crippen LogP contribution in [-0.2, 0) is 68.4 Å². The minimum absolute atomic E-state index is 0.00845. The standard InChI is InChI=1S/C20H23F2NO2.C19H20BrF2NO2.C19H20ClF2NO2.C19H20F3NO2.C19H20F2INO2.C19H21F2NO2/c1-5-19(24)23-17-8-6-7-12(2)16(17)11-25-18-10-14(4)13(3)9-15(18)20(21)22;3*1-4-18(24)23-16-7-5-6-15(20)14(16)10-25-17-9-12(3)11(2)8-13(17)19(21)22;1-4-18(24)23-16-7-5-6-15(22)14(16)10-25-17-9-12(3)11(2)8-13(17)19(20)21;1-4-18(23)22-16-8-6-5-7-14(16)11-24-17-10-13(3)12(2)9-15(17)19(20)21/h6-10,20H,5,11H2,1-4H3,(H,23,24);4*5-9,19H,4,10H2,1-3H3,(H,23,24);5-10,19H,4,11H2,1-3H3,(H,22,23). The van der Waals surface area contributed by atoms with Gasteiger partial charge in [-0.25, -0.2) is 57.1 Å². The minimum atomic E-state index is -2.70. The number of hydrogen-bond acceptors (Lipinski definition) is 12. The molecular formula is C115H124BrClF13IN6O12. The summed E-state index contributed by atoms with van der Waals surface area (Å²) in [4.78, 5) is 69.9. The number of nitrogens with one attached hydrogen (secondary N) is 6. The Morgan fingerprint density at radius 1 is 0.268 bits per heavy atom. The van der Waals surface area contributed by atoms with Gasteiger partial charge in [-0.3, -0.25) is 28.8 Å². The molecule has 0 heterocycles. The molecule has 149 heavy (non-hydrogen) atoms. The first kappa shape index (κ1) is 123. The third-order valence-electron chi connectivity index (χ3n) is 23.9. The summed E-state index contributed by atoms with van der Waals surface area (Å²) in [6.07, 6.45) is -13.8. The molecule has 34 heteroatoms. The van der Waals surface area contributed by atoms with E-state index < -0.39 is 44.4 Å². The highest BCUT2D eigenvalue weighted by atomic mass is 127. The van der Waals surface area contributed by atoms with Gasteiger partial charge in [0.1, 0.15) is 80.0 Å². The van der Waals surface area contributed by atoms with Crippen LogP contribution in [-0.4, -0.2) is 35.4 Å². The number of amides is 6. The van der Waals surface area contributed by atoms with Crippen LogP contribution in [0.5, 0.6) is 34.5 Å². The molecule has 0 atom stereocenters. The molecule has 0 aliphatic carbocycles. The molecule has 0 spiro atoms. The van der Waals surface area contributed by atoms with Gasteiger partial charge in [-0.2, -0.15) is 0 Å². The Bertz CT molecular complexity index is 5880. The molecule has 12 aromatic rings. The molecule has 0 aromatic heterocycles. The number of ether oxygens (including phenoxy) is 6. The van der Waals surface area contributed by atoms with E-state index in [1.807, 2.05) is 77.9 Å². The fraction of sp³-hybridized carbons (Fsp3) is 0.322. The summed E-state index contributed by atoms with van der Waals surface area (Å²) in [5.74, 6) is -0.661. The molecule has 0 radical (unpaired) electrons. The summed E-state index contributed by atoms with van der Waals surface area (Å²) in [6.45, 7) is 34.2. The van der Waals surface area contributed by atoms with Crippen LogP contribution in [0.3, 0.4) is 0 Å². The van der Waals surface area contributed by atoms with Crippen molar-refractivity contribution in [3.05, 3.63) is 346 Å². The van der Waals surface area contributed by atoms with Crippen molar-refractivity contribution in [2.45, 2.75) is 248 Å². The molecule has 0 unspecified atom stereocenters. The third kappa shape index (κ3) is 36.9. The van der Waals surface area contributed by atoms with Crippen molar-refractivity contribution >= 4 is 120 Å². The summed E-state index contributed by atoms with van der Waals surface area (Å²) in [7, 11) is 0. The Kier molecular flexibility index (Phi) is 49.3. The highest BCUT2D eigenvalue weighted by Gasteiger charge is 2.27. The second-order valence-corrected chi connectivity index (χ2v) is 37.0. The Labute approximate surface area is 888 Å². The first-order valence-electron chi connectivity index (χ1n) is 47.7. The average molecular weight is 2270 g/mol. The van der Waals surface area contributed by atoms with Gasteiger partial charge >= 0.3 is 0 Å². The molecular weight excluding hydrogens is 2150 g/mol. The van der Waals surface area contributed by atoms with E-state index in [1.165, 1.54) is 54.6 Å². The number of anilines is 6. The maximum atomic E-state index is 14.1. The first-order chi connectivity index (χ1) is 70.6. The van der Waals surface area contributed by atoms with Crippen LogP contribution >= 0.6 is 50.1 Å². The van der Waals surface area contributed by atoms with Crippen LogP contribution < -0.4 is 60.3 Å². The van der Waals surface area contributed by atoms with Crippen molar-refractivity contribution in [1.82, 2.24) is 0 Å². The van der Waals surface area contributed by atoms with Crippen molar-refractivity contribution in [3.8, 4) is 34.5 Å². The second-order valence-electron chi connectivity index (χ2n) is 34.6. The second kappa shape index (κ2) is 59.9. The number of para-hydroxylation sites is 1. The number of rotatable bonds is 36. The van der Waals surface area contributed by atoms with E-state index in [1.54, 1.807) is 187 Å². The first-order valence-corrected chi connectivity index (χ1v) is 50.0. The van der Waals surface area contributed by atoms with Gasteiger partial charge in [0.05, 0.1) is 39.1 Å². The smallest absolute Gasteiger partial charge is 0.267 e. The lowest BCUT2D eigenvalue weighted by Crippen LogP contribution is -2.13. The van der Waals surface area contributed by atoms with E-state index in [4.69, 9.17) is 40.0 Å². The lowest BCUT2D eigenvalue weighted by atomic mass is 10.0. The van der Waals surface area contributed by atoms with Gasteiger partial charge < -0.3 is 60.3 Å². The Hall–Kier alpha value is -13.2. The number of carbonyl (C=O) groups excluding carboxylic acids is 6. The maximum Gasteiger partial charge on any atom is 0.267 e. The fourth-order valence-corrected chi connectivity index (χ4v) is 15.4. The van der Waals surface area contributed by atoms with Crippen LogP contribution in [0, 0.1) is 99.4 Å². The van der Waals surface area contributed by atoms with Gasteiger partial charge in [-0.1, -0.05) is 124 Å². The van der Waals surface area contributed by atoms with Crippen LogP contribution in [0.2, 0.25) is 5.02 Å². The normalized spacial score (nSPS) is 10.8. The molecule has 6 N–H and O–H groups in total. The molecule has 0 saturated carbocycles. The van der Waals surface area contributed by atoms with Crippen molar-refractivity contribution in [2.24, 2.45) is 0 Å². The van der Waals surface area contributed by atoms with Gasteiger partial charge in [0, 0.05) is 113 Å². The van der Waals surface area contributed by atoms with E-state index in [0.29, 0.717) is 76.7 Å². The summed E-state index contributed by atoms with van der Waals surface area (Å²) in [5.41, 5.74) is 16.9. The van der Waals surface area contributed by atoms with Crippen LogP contribution in [0.25, 0.3) is 0 Å². The van der Waals surface area contributed by atoms with Crippen molar-refractivity contribution < 1.29 is 114 Å². The molecule has 798 valence electrons. The maximum absolute atomic E-state index is 14.1. The molecule has 0 bridgehead atoms. The van der Waals surface area contributed by atoms with Crippen molar-refractivity contribution in [3.63, 3.8) is 0 Å². The molecule has 0 aliphatic heterocycles. The van der Waals surface area contributed by atoms with Crippen molar-refractivity contribution in [1.29, 1.82) is 0 Å². The van der Waals surface area contributed by atoms with Crippen LogP contribution in [0.15, 0.2) is 193 Å². The summed E-state index contributed by atoms with van der Waals surface area (Å²) in [6, 6.07) is 51.1. The van der Waals surface area contributed by atoms with Gasteiger partial charge in [0.15, 0.2) is 0 Å². The van der Waals surface area contributed by atoms with E-state index in [2.05, 4.69) is 70.4 Å². The quantitative estimate of drug-likeness (QED) is 0.0159. The van der Waals surface area contributed by atoms with Gasteiger partial charge in [-0.05, 0) is 318 Å². The van der Waals surface area contributed by atoms with E-state index in [9.17, 15) is 85.8 Å². The monoisotopic (exact) mass is 2270 g/mol. The summed E-state index contributed by atoms with van der Waals surface area (Å²) < 4.78 is 209. The molecule has 18 nitrogen and oxygen atoms in total. The Balaban J connectivity index is 0.000000242. The molecule has 0 fully saturated rings. The molecule has 0 aliphatic rings. The highest BCUT2D eigenvalue weighted by Crippen LogP contribution is 2.42. The predicted octanol–water partition coefficient (Wildman–Crippen LogP) is 33.5. The molecule has 12 rings (SSSR count). The molecule has 6 amide bonds. The average Bonchev–Trinajstić information content (AvgIpc) is 0.825. The Morgan fingerprint density at radius 3 is 0.826 bits per heavy atom. The molecule has 12 aromatic carbocycles. The van der Waals surface area contributed by atoms with Gasteiger partial charge in [0.25, 0.3) is 38.6 Å². The highest BCUT2D eigenvalue weighted by molar-refractivity contribution is 14.1. The fourth-order valence-electron chi connectivity index (χ4n) is 14.1. The Morgan fingerprint density at radius 2 is 0.497 bits per heavy atom. The SMILES string of the molecule is CCC(=O)Nc1cccc(Br)c1COc1cc(C)c(C)cc1C(F)F.CCC(=O)Nc1cccc(C)c1COc1cc(C)c(C)cc1C(F)F.CCC(=O)Nc1cccc(Cl)c1COc1cc(C)c(C)cc1C(F)F.CCC(=O)Nc1cccc(F)c1COc1cc(C)c(C)cc1C(F)F.CCC(=O)Nc1cccc(I)c1COc1cc(C)c(C)cc1C(F)F.CCC(=O)Nc1ccccc1COc1cc(C)c(C)cc1C(F)F. The largest absolute Gasteiger partial charge is 0.488 e. The lowest BCUT2D eigenvalue weighted by Gasteiger charge is -2.17. The zero-order chi connectivity index (χ0) is 110.